The maximum Gasteiger partial charge on any atom is 0.161 e. The molecule has 1 aliphatic carbocycles. The van der Waals surface area contributed by atoms with Crippen LogP contribution in [0.1, 0.15) is 43.8 Å². The highest BCUT2D eigenvalue weighted by Crippen LogP contribution is 2.35. The molecule has 120 valence electrons. The van der Waals surface area contributed by atoms with Crippen LogP contribution in [-0.4, -0.2) is 42.4 Å². The van der Waals surface area contributed by atoms with E-state index in [0.29, 0.717) is 0 Å². The molecule has 0 saturated heterocycles. The number of rotatable bonds is 8. The van der Waals surface area contributed by atoms with Crippen LogP contribution in [0.15, 0.2) is 6.20 Å². The summed E-state index contributed by atoms with van der Waals surface area (Å²) in [5.74, 6) is 7.42. The lowest BCUT2D eigenvalue weighted by Crippen LogP contribution is -2.32. The van der Waals surface area contributed by atoms with Crippen molar-refractivity contribution in [2.75, 3.05) is 27.7 Å². The van der Waals surface area contributed by atoms with Gasteiger partial charge in [0.15, 0.2) is 5.75 Å². The topological polar surface area (TPSA) is 68.3 Å². The van der Waals surface area contributed by atoms with Gasteiger partial charge in [0.05, 0.1) is 31.6 Å². The van der Waals surface area contributed by atoms with Gasteiger partial charge in [-0.3, -0.25) is 16.0 Å². The summed E-state index contributed by atoms with van der Waals surface area (Å²) >= 11 is 0. The lowest BCUT2D eigenvalue weighted by atomic mass is 9.96. The normalized spacial score (nSPS) is 17.6. The molecule has 0 spiro atoms. The van der Waals surface area contributed by atoms with E-state index in [1.54, 1.807) is 13.3 Å². The third kappa shape index (κ3) is 4.18. The molecule has 6 nitrogen and oxygen atoms in total. The zero-order valence-corrected chi connectivity index (χ0v) is 13.5. The van der Waals surface area contributed by atoms with Gasteiger partial charge in [-0.2, -0.15) is 5.10 Å². The Morgan fingerprint density at radius 3 is 2.76 bits per heavy atom. The number of likely N-dealkylation sites (N-methyl/N-ethyl adjacent to an activating group) is 1. The van der Waals surface area contributed by atoms with Gasteiger partial charge in [0.2, 0.25) is 0 Å². The monoisotopic (exact) mass is 295 g/mol. The molecule has 1 saturated carbocycles. The minimum atomic E-state index is 0.104. The van der Waals surface area contributed by atoms with E-state index in [-0.39, 0.29) is 6.04 Å². The Bertz CT molecular complexity index is 426. The first-order valence-electron chi connectivity index (χ1n) is 7.86. The number of nitrogens with one attached hydrogen (secondary N) is 1. The molecule has 1 atom stereocenters. The van der Waals surface area contributed by atoms with E-state index in [0.717, 1.165) is 36.9 Å². The minimum Gasteiger partial charge on any atom is -0.493 e. The predicted molar refractivity (Wildman–Crippen MR) is 84.0 cm³/mol. The number of hydrogen-bond acceptors (Lipinski definition) is 5. The Labute approximate surface area is 127 Å². The van der Waals surface area contributed by atoms with Gasteiger partial charge in [0.25, 0.3) is 0 Å². The van der Waals surface area contributed by atoms with Crippen molar-refractivity contribution in [3.8, 4) is 5.75 Å². The summed E-state index contributed by atoms with van der Waals surface area (Å²) < 4.78 is 7.51. The van der Waals surface area contributed by atoms with Crippen LogP contribution in [0.5, 0.6) is 5.75 Å². The summed E-state index contributed by atoms with van der Waals surface area (Å²) in [6, 6.07) is 0.104. The summed E-state index contributed by atoms with van der Waals surface area (Å²) in [5.41, 5.74) is 4.06. The Morgan fingerprint density at radius 1 is 1.48 bits per heavy atom. The average molecular weight is 295 g/mol. The van der Waals surface area contributed by atoms with E-state index in [9.17, 15) is 0 Å². The predicted octanol–water partition coefficient (Wildman–Crippen LogP) is 1.54. The second-order valence-corrected chi connectivity index (χ2v) is 6.23. The Balaban J connectivity index is 2.14. The average Bonchev–Trinajstić information content (AvgIpc) is 3.11. The van der Waals surface area contributed by atoms with E-state index >= 15 is 0 Å². The van der Waals surface area contributed by atoms with Gasteiger partial charge in [-0.15, -0.1) is 0 Å². The van der Waals surface area contributed by atoms with Crippen molar-refractivity contribution in [1.82, 2.24) is 20.1 Å². The first-order chi connectivity index (χ1) is 10.2. The molecule has 0 aliphatic heterocycles. The number of nitrogens with two attached hydrogens (primary N) is 1. The van der Waals surface area contributed by atoms with E-state index in [1.807, 2.05) is 4.68 Å². The Morgan fingerprint density at radius 2 is 2.19 bits per heavy atom. The Hall–Kier alpha value is -1.11. The van der Waals surface area contributed by atoms with Crippen LogP contribution in [0.25, 0.3) is 0 Å². The fourth-order valence-electron chi connectivity index (χ4n) is 3.20. The highest BCUT2D eigenvalue weighted by molar-refractivity contribution is 5.28. The quantitative estimate of drug-likeness (QED) is 0.562. The van der Waals surface area contributed by atoms with Crippen LogP contribution in [0.2, 0.25) is 0 Å². The van der Waals surface area contributed by atoms with Gasteiger partial charge in [-0.05, 0) is 26.4 Å². The first-order valence-corrected chi connectivity index (χ1v) is 7.86. The molecule has 1 aromatic rings. The molecule has 1 aliphatic rings. The molecular formula is C15H29N5O. The van der Waals surface area contributed by atoms with Gasteiger partial charge < -0.3 is 9.64 Å². The van der Waals surface area contributed by atoms with Gasteiger partial charge in [0, 0.05) is 6.54 Å². The summed E-state index contributed by atoms with van der Waals surface area (Å²) in [4.78, 5) is 2.15. The third-order valence-corrected chi connectivity index (χ3v) is 4.40. The van der Waals surface area contributed by atoms with E-state index in [2.05, 4.69) is 29.5 Å². The number of methoxy groups -OCH3 is 1. The SMILES string of the molecule is COc1cnn(CCN(C)C)c1C(CC1CCCC1)NN. The zero-order valence-electron chi connectivity index (χ0n) is 13.5. The van der Waals surface area contributed by atoms with Crippen LogP contribution in [-0.2, 0) is 6.54 Å². The maximum atomic E-state index is 5.83. The smallest absolute Gasteiger partial charge is 0.161 e. The fourth-order valence-corrected chi connectivity index (χ4v) is 3.20. The largest absolute Gasteiger partial charge is 0.493 e. The van der Waals surface area contributed by atoms with Gasteiger partial charge in [0.1, 0.15) is 0 Å². The second-order valence-electron chi connectivity index (χ2n) is 6.23. The van der Waals surface area contributed by atoms with Crippen LogP contribution in [0.3, 0.4) is 0 Å². The van der Waals surface area contributed by atoms with Gasteiger partial charge in [-0.25, -0.2) is 0 Å². The number of nitrogens with zero attached hydrogens (tertiary/aromatic N) is 3. The van der Waals surface area contributed by atoms with Gasteiger partial charge >= 0.3 is 0 Å². The van der Waals surface area contributed by atoms with Crippen molar-refractivity contribution in [1.29, 1.82) is 0 Å². The van der Waals surface area contributed by atoms with Crippen LogP contribution in [0, 0.1) is 5.92 Å². The number of hydrogen-bond donors (Lipinski definition) is 2. The first kappa shape index (κ1) is 16.3. The molecule has 0 radical (unpaired) electrons. The molecular weight excluding hydrogens is 266 g/mol. The molecule has 0 aromatic carbocycles. The highest BCUT2D eigenvalue weighted by atomic mass is 16.5. The van der Waals surface area contributed by atoms with E-state index < -0.39 is 0 Å². The lowest BCUT2D eigenvalue weighted by Gasteiger charge is -2.22. The van der Waals surface area contributed by atoms with Crippen LogP contribution in [0.4, 0.5) is 0 Å². The van der Waals surface area contributed by atoms with Crippen LogP contribution >= 0.6 is 0 Å². The molecule has 1 unspecified atom stereocenters. The molecule has 1 aromatic heterocycles. The third-order valence-electron chi connectivity index (χ3n) is 4.40. The Kier molecular flexibility index (Phi) is 6.02. The molecule has 2 rings (SSSR count). The summed E-state index contributed by atoms with van der Waals surface area (Å²) in [7, 11) is 5.83. The molecule has 3 N–H and O–H groups in total. The highest BCUT2D eigenvalue weighted by Gasteiger charge is 2.26. The van der Waals surface area contributed by atoms with Crippen molar-refractivity contribution in [2.24, 2.45) is 11.8 Å². The zero-order chi connectivity index (χ0) is 15.2. The summed E-state index contributed by atoms with van der Waals surface area (Å²) in [6.45, 7) is 1.78. The van der Waals surface area contributed by atoms with Gasteiger partial charge in [-0.1, -0.05) is 25.7 Å². The van der Waals surface area contributed by atoms with Crippen molar-refractivity contribution >= 4 is 0 Å². The minimum absolute atomic E-state index is 0.104. The lowest BCUT2D eigenvalue weighted by molar-refractivity contribution is 0.334. The van der Waals surface area contributed by atoms with E-state index in [1.165, 1.54) is 25.7 Å². The van der Waals surface area contributed by atoms with Crippen molar-refractivity contribution in [2.45, 2.75) is 44.7 Å². The van der Waals surface area contributed by atoms with Crippen molar-refractivity contribution in [3.63, 3.8) is 0 Å². The van der Waals surface area contributed by atoms with Crippen molar-refractivity contribution in [3.05, 3.63) is 11.9 Å². The molecule has 6 heteroatoms. The van der Waals surface area contributed by atoms with Crippen LogP contribution < -0.4 is 16.0 Å². The molecule has 1 heterocycles. The standard InChI is InChI=1S/C15H29N5O/c1-19(2)8-9-20-15(14(21-3)11-17-20)13(18-16)10-12-6-4-5-7-12/h11-13,18H,4-10,16H2,1-3H3. The second kappa shape index (κ2) is 7.77. The fraction of sp³-hybridized carbons (Fsp3) is 0.800. The van der Waals surface area contributed by atoms with Crippen molar-refractivity contribution < 1.29 is 4.74 Å². The maximum absolute atomic E-state index is 5.83. The molecule has 0 amide bonds. The summed E-state index contributed by atoms with van der Waals surface area (Å²) in [5, 5.41) is 4.47. The summed E-state index contributed by atoms with van der Waals surface area (Å²) in [6.07, 6.45) is 8.17. The number of hydrazine groups is 1. The molecule has 0 bridgehead atoms. The molecule has 1 fully saturated rings. The number of ether oxygens (including phenoxy) is 1. The van der Waals surface area contributed by atoms with E-state index in [4.69, 9.17) is 10.6 Å². The number of aromatic nitrogens is 2. The molecule has 21 heavy (non-hydrogen) atoms.